The minimum absolute atomic E-state index is 0.128. The third kappa shape index (κ3) is 4.07. The van der Waals surface area contributed by atoms with Crippen LogP contribution in [0.3, 0.4) is 0 Å². The first-order chi connectivity index (χ1) is 9.56. The van der Waals surface area contributed by atoms with Crippen molar-refractivity contribution >= 4 is 5.97 Å². The largest absolute Gasteiger partial charge is 0.481 e. The number of nitrogens with zero attached hydrogens (tertiary/aromatic N) is 1. The minimum Gasteiger partial charge on any atom is -0.481 e. The molecule has 3 heteroatoms. The van der Waals surface area contributed by atoms with Gasteiger partial charge in [0.1, 0.15) is 0 Å². The molecule has 0 unspecified atom stereocenters. The van der Waals surface area contributed by atoms with E-state index in [4.69, 9.17) is 5.11 Å². The molecule has 0 radical (unpaired) electrons. The van der Waals surface area contributed by atoms with E-state index in [-0.39, 0.29) is 5.92 Å². The Morgan fingerprint density at radius 2 is 1.85 bits per heavy atom. The van der Waals surface area contributed by atoms with Crippen LogP contribution in [0.5, 0.6) is 0 Å². The van der Waals surface area contributed by atoms with Crippen LogP contribution < -0.4 is 0 Å². The van der Waals surface area contributed by atoms with E-state index in [9.17, 15) is 4.79 Å². The highest BCUT2D eigenvalue weighted by molar-refractivity contribution is 5.70. The molecule has 0 atom stereocenters. The van der Waals surface area contributed by atoms with Crippen LogP contribution in [0.15, 0.2) is 24.3 Å². The third-order valence-corrected chi connectivity index (χ3v) is 4.30. The first-order valence-corrected chi connectivity index (χ1v) is 7.60. The van der Waals surface area contributed by atoms with E-state index in [1.54, 1.807) is 0 Å². The first kappa shape index (κ1) is 15.0. The maximum atomic E-state index is 10.9. The fourth-order valence-corrected chi connectivity index (χ4v) is 2.76. The summed E-state index contributed by atoms with van der Waals surface area (Å²) in [6.07, 6.45) is 2.64. The highest BCUT2D eigenvalue weighted by Gasteiger charge is 2.23. The molecule has 0 saturated carbocycles. The summed E-state index contributed by atoms with van der Waals surface area (Å²) in [5, 5.41) is 8.98. The number of aliphatic carboxylic acids is 1. The van der Waals surface area contributed by atoms with Crippen LogP contribution in [0.4, 0.5) is 0 Å². The van der Waals surface area contributed by atoms with Crippen LogP contribution >= 0.6 is 0 Å². The molecule has 1 N–H and O–H groups in total. The average molecular weight is 275 g/mol. The second-order valence-electron chi connectivity index (χ2n) is 6.10. The molecule has 1 aliphatic heterocycles. The van der Waals surface area contributed by atoms with Crippen LogP contribution in [0.2, 0.25) is 0 Å². The molecule has 0 bridgehead atoms. The molecule has 110 valence electrons. The van der Waals surface area contributed by atoms with Crippen LogP contribution in [0.1, 0.15) is 43.7 Å². The number of benzene rings is 1. The molecule has 0 aliphatic carbocycles. The molecule has 0 spiro atoms. The van der Waals surface area contributed by atoms with E-state index in [0.29, 0.717) is 5.92 Å². The molecule has 2 rings (SSSR count). The van der Waals surface area contributed by atoms with E-state index in [0.717, 1.165) is 38.9 Å². The van der Waals surface area contributed by atoms with E-state index >= 15 is 0 Å². The molecular weight excluding hydrogens is 250 g/mol. The van der Waals surface area contributed by atoms with Gasteiger partial charge in [-0.05, 0) is 49.4 Å². The predicted octanol–water partition coefficient (Wildman–Crippen LogP) is 3.15. The molecule has 1 heterocycles. The average Bonchev–Trinajstić information content (AvgIpc) is 2.46. The zero-order chi connectivity index (χ0) is 14.5. The van der Waals surface area contributed by atoms with Crippen molar-refractivity contribution in [2.75, 3.05) is 19.6 Å². The van der Waals surface area contributed by atoms with Crippen molar-refractivity contribution in [1.82, 2.24) is 4.90 Å². The molecule has 0 aromatic heterocycles. The topological polar surface area (TPSA) is 40.5 Å². The summed E-state index contributed by atoms with van der Waals surface area (Å²) in [7, 11) is 0. The number of carboxylic acids is 1. The SMILES string of the molecule is CC(C)c1ccc(CCN2CCC(C(=O)O)CC2)cc1. The van der Waals surface area contributed by atoms with Gasteiger partial charge in [0.25, 0.3) is 0 Å². The molecule has 1 fully saturated rings. The van der Waals surface area contributed by atoms with Crippen molar-refractivity contribution in [3.05, 3.63) is 35.4 Å². The van der Waals surface area contributed by atoms with Crippen LogP contribution in [-0.4, -0.2) is 35.6 Å². The Hall–Kier alpha value is -1.35. The quantitative estimate of drug-likeness (QED) is 0.897. The molecular formula is C17H25NO2. The lowest BCUT2D eigenvalue weighted by Crippen LogP contribution is -2.37. The van der Waals surface area contributed by atoms with Gasteiger partial charge >= 0.3 is 5.97 Å². The van der Waals surface area contributed by atoms with Crippen LogP contribution in [0, 0.1) is 5.92 Å². The van der Waals surface area contributed by atoms with Gasteiger partial charge in [0.15, 0.2) is 0 Å². The summed E-state index contributed by atoms with van der Waals surface area (Å²) < 4.78 is 0. The van der Waals surface area contributed by atoms with Crippen LogP contribution in [-0.2, 0) is 11.2 Å². The van der Waals surface area contributed by atoms with Gasteiger partial charge in [0.05, 0.1) is 5.92 Å². The second kappa shape index (κ2) is 6.89. The Bertz CT molecular complexity index is 431. The van der Waals surface area contributed by atoms with Crippen molar-refractivity contribution in [2.24, 2.45) is 5.92 Å². The van der Waals surface area contributed by atoms with Gasteiger partial charge in [-0.25, -0.2) is 0 Å². The molecule has 3 nitrogen and oxygen atoms in total. The maximum Gasteiger partial charge on any atom is 0.306 e. The molecule has 1 aliphatic rings. The smallest absolute Gasteiger partial charge is 0.306 e. The normalized spacial score (nSPS) is 17.6. The summed E-state index contributed by atoms with van der Waals surface area (Å²) in [5.41, 5.74) is 2.76. The lowest BCUT2D eigenvalue weighted by atomic mass is 9.96. The van der Waals surface area contributed by atoms with Crippen molar-refractivity contribution < 1.29 is 9.90 Å². The Labute approximate surface area is 121 Å². The van der Waals surface area contributed by atoms with Crippen molar-refractivity contribution in [3.8, 4) is 0 Å². The molecule has 1 aromatic rings. The highest BCUT2D eigenvalue weighted by atomic mass is 16.4. The lowest BCUT2D eigenvalue weighted by Gasteiger charge is -2.29. The van der Waals surface area contributed by atoms with Gasteiger partial charge in [0.2, 0.25) is 0 Å². The Balaban J connectivity index is 1.77. The van der Waals surface area contributed by atoms with E-state index in [1.165, 1.54) is 11.1 Å². The van der Waals surface area contributed by atoms with Crippen molar-refractivity contribution in [2.45, 2.75) is 39.0 Å². The second-order valence-corrected chi connectivity index (χ2v) is 6.10. The van der Waals surface area contributed by atoms with Gasteiger partial charge in [-0.1, -0.05) is 38.1 Å². The fraction of sp³-hybridized carbons (Fsp3) is 0.588. The summed E-state index contributed by atoms with van der Waals surface area (Å²) in [6, 6.07) is 8.88. The summed E-state index contributed by atoms with van der Waals surface area (Å²) in [4.78, 5) is 13.3. The Morgan fingerprint density at radius 1 is 1.25 bits per heavy atom. The van der Waals surface area contributed by atoms with E-state index < -0.39 is 5.97 Å². The van der Waals surface area contributed by atoms with Gasteiger partial charge in [-0.15, -0.1) is 0 Å². The van der Waals surface area contributed by atoms with Crippen molar-refractivity contribution in [1.29, 1.82) is 0 Å². The number of carbonyl (C=O) groups is 1. The molecule has 20 heavy (non-hydrogen) atoms. The number of rotatable bonds is 5. The van der Waals surface area contributed by atoms with E-state index in [2.05, 4.69) is 43.0 Å². The number of hydrogen-bond donors (Lipinski definition) is 1. The zero-order valence-corrected chi connectivity index (χ0v) is 12.5. The first-order valence-electron chi connectivity index (χ1n) is 7.60. The molecule has 1 aromatic carbocycles. The monoisotopic (exact) mass is 275 g/mol. The Kier molecular flexibility index (Phi) is 5.18. The highest BCUT2D eigenvalue weighted by Crippen LogP contribution is 2.18. The fourth-order valence-electron chi connectivity index (χ4n) is 2.76. The van der Waals surface area contributed by atoms with Crippen LogP contribution in [0.25, 0.3) is 0 Å². The summed E-state index contributed by atoms with van der Waals surface area (Å²) >= 11 is 0. The van der Waals surface area contributed by atoms with Gasteiger partial charge in [0, 0.05) is 6.54 Å². The lowest BCUT2D eigenvalue weighted by molar-refractivity contribution is -0.143. The summed E-state index contributed by atoms with van der Waals surface area (Å²) in [6.45, 7) is 7.29. The van der Waals surface area contributed by atoms with Gasteiger partial charge in [-0.3, -0.25) is 4.79 Å². The number of hydrogen-bond acceptors (Lipinski definition) is 2. The standard InChI is InChI=1S/C17H25NO2/c1-13(2)15-5-3-14(4-6-15)7-10-18-11-8-16(9-12-18)17(19)20/h3-6,13,16H,7-12H2,1-2H3,(H,19,20). The molecule has 0 amide bonds. The number of piperidine rings is 1. The number of likely N-dealkylation sites (tertiary alicyclic amines) is 1. The van der Waals surface area contributed by atoms with Gasteiger partial charge in [-0.2, -0.15) is 0 Å². The van der Waals surface area contributed by atoms with Gasteiger partial charge < -0.3 is 10.0 Å². The Morgan fingerprint density at radius 3 is 2.35 bits per heavy atom. The maximum absolute atomic E-state index is 10.9. The predicted molar refractivity (Wildman–Crippen MR) is 81.0 cm³/mol. The summed E-state index contributed by atoms with van der Waals surface area (Å²) in [5.74, 6) is -0.176. The molecule has 1 saturated heterocycles. The zero-order valence-electron chi connectivity index (χ0n) is 12.5. The number of carboxylic acid groups (broad SMARTS) is 1. The minimum atomic E-state index is -0.631. The van der Waals surface area contributed by atoms with E-state index in [1.807, 2.05) is 0 Å². The third-order valence-electron chi connectivity index (χ3n) is 4.30. The van der Waals surface area contributed by atoms with Crippen molar-refractivity contribution in [3.63, 3.8) is 0 Å².